The molecule has 0 spiro atoms. The van der Waals surface area contributed by atoms with Gasteiger partial charge in [0.1, 0.15) is 6.23 Å². The van der Waals surface area contributed by atoms with Crippen molar-refractivity contribution < 1.29 is 18.8 Å². The van der Waals surface area contributed by atoms with Gasteiger partial charge in [0, 0.05) is 25.1 Å². The van der Waals surface area contributed by atoms with Gasteiger partial charge in [0.05, 0.1) is 11.7 Å². The number of amides is 3. The molecule has 2 aliphatic heterocycles. The van der Waals surface area contributed by atoms with Gasteiger partial charge in [0.2, 0.25) is 5.76 Å². The molecule has 8 heteroatoms. The van der Waals surface area contributed by atoms with E-state index in [4.69, 9.17) is 9.26 Å². The van der Waals surface area contributed by atoms with Crippen molar-refractivity contribution in [1.29, 1.82) is 0 Å². The Morgan fingerprint density at radius 1 is 1.33 bits per heavy atom. The average molecular weight is 370 g/mol. The van der Waals surface area contributed by atoms with Gasteiger partial charge in [-0.15, -0.1) is 0 Å². The summed E-state index contributed by atoms with van der Waals surface area (Å²) >= 11 is 0. The van der Waals surface area contributed by atoms with Crippen LogP contribution in [0.3, 0.4) is 0 Å². The molecule has 0 radical (unpaired) electrons. The Balaban J connectivity index is 1.46. The summed E-state index contributed by atoms with van der Waals surface area (Å²) in [5, 5.41) is 12.4. The molecule has 4 rings (SSSR count). The van der Waals surface area contributed by atoms with Crippen molar-refractivity contribution in [2.45, 2.75) is 38.6 Å². The lowest BCUT2D eigenvalue weighted by molar-refractivity contribution is -0.0602. The maximum atomic E-state index is 12.1. The number of nitrogens with zero attached hydrogens (tertiary/aromatic N) is 1. The van der Waals surface area contributed by atoms with E-state index in [9.17, 15) is 9.59 Å². The number of aryl methyl sites for hydroxylation is 1. The molecular formula is C19H22N4O4. The van der Waals surface area contributed by atoms with Crippen molar-refractivity contribution in [2.75, 3.05) is 6.61 Å². The topological polar surface area (TPSA) is 105 Å². The molecule has 3 atom stereocenters. The first-order valence-electron chi connectivity index (χ1n) is 9.09. The van der Waals surface area contributed by atoms with E-state index in [1.54, 1.807) is 13.0 Å². The molecule has 27 heavy (non-hydrogen) atoms. The first kappa shape index (κ1) is 17.5. The number of urea groups is 1. The quantitative estimate of drug-likeness (QED) is 0.764. The van der Waals surface area contributed by atoms with Crippen molar-refractivity contribution in [1.82, 2.24) is 21.1 Å². The molecule has 0 unspecified atom stereocenters. The molecule has 142 valence electrons. The Hall–Kier alpha value is -2.87. The first-order valence-corrected chi connectivity index (χ1v) is 9.09. The number of fused-ring (bicyclic) bond motifs is 1. The van der Waals surface area contributed by atoms with E-state index in [2.05, 4.69) is 21.1 Å². The predicted octanol–water partition coefficient (Wildman–Crippen LogP) is 2.02. The molecule has 3 N–H and O–H groups in total. The lowest BCUT2D eigenvalue weighted by Crippen LogP contribution is -2.58. The number of aromatic nitrogens is 1. The van der Waals surface area contributed by atoms with Gasteiger partial charge < -0.3 is 25.2 Å². The van der Waals surface area contributed by atoms with Crippen LogP contribution >= 0.6 is 0 Å². The molecule has 2 aliphatic rings. The van der Waals surface area contributed by atoms with Gasteiger partial charge in [-0.25, -0.2) is 4.79 Å². The normalized spacial score (nSPS) is 24.5. The average Bonchev–Trinajstić information content (AvgIpc) is 3.12. The van der Waals surface area contributed by atoms with Crippen molar-refractivity contribution in [3.8, 4) is 0 Å². The number of nitrogens with one attached hydrogen (secondary N) is 3. The number of hydrogen-bond donors (Lipinski definition) is 3. The van der Waals surface area contributed by atoms with Crippen LogP contribution in [0.4, 0.5) is 4.79 Å². The third-order valence-electron chi connectivity index (χ3n) is 4.97. The zero-order valence-corrected chi connectivity index (χ0v) is 15.0. The molecule has 1 aromatic heterocycles. The summed E-state index contributed by atoms with van der Waals surface area (Å²) in [6, 6.07) is 9.13. The van der Waals surface area contributed by atoms with Crippen LogP contribution in [0, 0.1) is 12.8 Å². The molecule has 8 nitrogen and oxygen atoms in total. The zero-order chi connectivity index (χ0) is 18.8. The summed E-state index contributed by atoms with van der Waals surface area (Å²) < 4.78 is 10.7. The monoisotopic (exact) mass is 370 g/mol. The van der Waals surface area contributed by atoms with E-state index in [1.807, 2.05) is 24.3 Å². The largest absolute Gasteiger partial charge is 0.358 e. The smallest absolute Gasteiger partial charge is 0.317 e. The van der Waals surface area contributed by atoms with Crippen molar-refractivity contribution >= 4 is 11.9 Å². The van der Waals surface area contributed by atoms with Gasteiger partial charge in [-0.05, 0) is 30.9 Å². The maximum Gasteiger partial charge on any atom is 0.317 e. The summed E-state index contributed by atoms with van der Waals surface area (Å²) in [5.74, 6) is 0.0619. The molecule has 0 bridgehead atoms. The number of ether oxygens (including phenoxy) is 1. The second kappa shape index (κ2) is 7.40. The molecule has 2 aromatic rings. The lowest BCUT2D eigenvalue weighted by Gasteiger charge is -2.42. The van der Waals surface area contributed by atoms with Crippen LogP contribution in [0.5, 0.6) is 0 Å². The van der Waals surface area contributed by atoms with Crippen molar-refractivity contribution in [2.24, 2.45) is 5.92 Å². The van der Waals surface area contributed by atoms with Crippen LogP contribution in [0.25, 0.3) is 0 Å². The Bertz CT molecular complexity index is 850. The van der Waals surface area contributed by atoms with Crippen LogP contribution in [0.2, 0.25) is 0 Å². The number of benzene rings is 1. The number of carbonyl (C=O) groups excluding carboxylic acids is 2. The molecule has 2 saturated heterocycles. The van der Waals surface area contributed by atoms with Gasteiger partial charge in [-0.2, -0.15) is 0 Å². The summed E-state index contributed by atoms with van der Waals surface area (Å²) in [4.78, 5) is 24.1. The highest BCUT2D eigenvalue weighted by Crippen LogP contribution is 2.34. The van der Waals surface area contributed by atoms with Gasteiger partial charge in [0.15, 0.2) is 0 Å². The predicted molar refractivity (Wildman–Crippen MR) is 95.7 cm³/mol. The molecular weight excluding hydrogens is 348 g/mol. The highest BCUT2D eigenvalue weighted by Gasteiger charge is 2.39. The van der Waals surface area contributed by atoms with Crippen LogP contribution in [0.15, 0.2) is 34.9 Å². The first-order chi connectivity index (χ1) is 13.1. The maximum absolute atomic E-state index is 12.1. The molecule has 0 aliphatic carbocycles. The van der Waals surface area contributed by atoms with E-state index in [1.165, 1.54) is 0 Å². The number of carbonyl (C=O) groups is 2. The highest BCUT2D eigenvalue weighted by molar-refractivity contribution is 5.91. The van der Waals surface area contributed by atoms with E-state index in [-0.39, 0.29) is 35.9 Å². The van der Waals surface area contributed by atoms with E-state index >= 15 is 0 Å². The number of rotatable bonds is 4. The Morgan fingerprint density at radius 3 is 3.04 bits per heavy atom. The highest BCUT2D eigenvalue weighted by atomic mass is 16.5. The fourth-order valence-corrected chi connectivity index (χ4v) is 3.68. The van der Waals surface area contributed by atoms with Gasteiger partial charge >= 0.3 is 6.03 Å². The molecule has 3 heterocycles. The molecule has 3 amide bonds. The Labute approximate surface area is 156 Å². The van der Waals surface area contributed by atoms with Crippen LogP contribution in [-0.4, -0.2) is 29.9 Å². The van der Waals surface area contributed by atoms with E-state index in [0.717, 1.165) is 24.0 Å². The van der Waals surface area contributed by atoms with Crippen molar-refractivity contribution in [3.63, 3.8) is 0 Å². The van der Waals surface area contributed by atoms with Crippen molar-refractivity contribution in [3.05, 3.63) is 52.9 Å². The fraction of sp³-hybridized carbons (Fsp3) is 0.421. The fourth-order valence-electron chi connectivity index (χ4n) is 3.68. The van der Waals surface area contributed by atoms with Crippen LogP contribution in [-0.2, 0) is 11.3 Å². The van der Waals surface area contributed by atoms with Crippen LogP contribution < -0.4 is 16.0 Å². The second-order valence-electron chi connectivity index (χ2n) is 6.95. The molecule has 2 fully saturated rings. The van der Waals surface area contributed by atoms with Gasteiger partial charge in [-0.3, -0.25) is 4.79 Å². The third-order valence-corrected chi connectivity index (χ3v) is 4.97. The third kappa shape index (κ3) is 3.80. The van der Waals surface area contributed by atoms with E-state index < -0.39 is 0 Å². The minimum atomic E-state index is -0.308. The minimum Gasteiger partial charge on any atom is -0.358 e. The summed E-state index contributed by atoms with van der Waals surface area (Å²) in [7, 11) is 0. The Morgan fingerprint density at radius 2 is 2.22 bits per heavy atom. The summed E-state index contributed by atoms with van der Waals surface area (Å²) in [6.07, 6.45) is 1.70. The van der Waals surface area contributed by atoms with Crippen LogP contribution in [0.1, 0.15) is 46.3 Å². The SMILES string of the molecule is Cc1cc(C(=O)NCc2cccc([C@@H]3NC(=O)N[C@H]4OCCC[C@H]43)c2)on1. The van der Waals surface area contributed by atoms with Gasteiger partial charge in [0.25, 0.3) is 5.91 Å². The van der Waals surface area contributed by atoms with E-state index in [0.29, 0.717) is 18.8 Å². The second-order valence-corrected chi connectivity index (χ2v) is 6.95. The number of hydrogen-bond acceptors (Lipinski definition) is 5. The van der Waals surface area contributed by atoms with Gasteiger partial charge in [-0.1, -0.05) is 29.4 Å². The molecule has 0 saturated carbocycles. The standard InChI is InChI=1S/C19H22N4O4/c1-11-8-15(27-23-11)17(24)20-10-12-4-2-5-13(9-12)16-14-6-3-7-26-18(14)22-19(25)21-16/h2,4-5,8-9,14,16,18H,3,6-7,10H2,1H3,(H,20,24)(H2,21,22,25)/t14-,16-,18-/m0/s1. The molecule has 1 aromatic carbocycles. The summed E-state index contributed by atoms with van der Waals surface area (Å²) in [5.41, 5.74) is 2.61. The Kier molecular flexibility index (Phi) is 4.81. The minimum absolute atomic E-state index is 0.114. The lowest BCUT2D eigenvalue weighted by atomic mass is 9.85. The summed E-state index contributed by atoms with van der Waals surface area (Å²) in [6.45, 7) is 2.79. The zero-order valence-electron chi connectivity index (χ0n) is 15.0.